The van der Waals surface area contributed by atoms with Gasteiger partial charge in [-0.3, -0.25) is 15.5 Å². The summed E-state index contributed by atoms with van der Waals surface area (Å²) in [5, 5.41) is 14.5. The average molecular weight is 472 g/mol. The van der Waals surface area contributed by atoms with Gasteiger partial charge in [0, 0.05) is 5.69 Å². The van der Waals surface area contributed by atoms with Gasteiger partial charge in [0.25, 0.3) is 10.0 Å². The lowest BCUT2D eigenvalue weighted by Crippen LogP contribution is -2.30. The highest BCUT2D eigenvalue weighted by Crippen LogP contribution is 2.31. The number of sulfonamides is 1. The normalized spacial score (nSPS) is 11.0. The van der Waals surface area contributed by atoms with E-state index < -0.39 is 26.6 Å². The molecule has 0 saturated heterocycles. The van der Waals surface area contributed by atoms with Crippen LogP contribution in [0.1, 0.15) is 22.8 Å². The topological polar surface area (TPSA) is 165 Å². The van der Waals surface area contributed by atoms with Gasteiger partial charge in [-0.1, -0.05) is 23.8 Å². The number of nitro groups is 1. The Bertz CT molecular complexity index is 1280. The lowest BCUT2D eigenvalue weighted by atomic mass is 10.2. The van der Waals surface area contributed by atoms with Gasteiger partial charge in [0.15, 0.2) is 0 Å². The molecule has 3 N–H and O–H groups in total. The molecule has 172 valence electrons. The minimum atomic E-state index is -4.03. The fraction of sp³-hybridized carbons (Fsp3) is 0.150. The lowest BCUT2D eigenvalue weighted by Gasteiger charge is -2.12. The molecule has 3 aromatic rings. The number of esters is 1. The van der Waals surface area contributed by atoms with Gasteiger partial charge in [-0.15, -0.1) is 4.83 Å². The molecule has 0 fully saturated rings. The Labute approximate surface area is 189 Å². The fourth-order valence-corrected chi connectivity index (χ4v) is 3.54. The number of aryl methyl sites for hydroxylation is 1. The largest absolute Gasteiger partial charge is 0.462 e. The zero-order valence-corrected chi connectivity index (χ0v) is 18.4. The van der Waals surface area contributed by atoms with Crippen LogP contribution in [0.4, 0.5) is 23.0 Å². The molecule has 0 aliphatic carbocycles. The molecular weight excluding hydrogens is 452 g/mol. The third-order valence-electron chi connectivity index (χ3n) is 4.28. The molecule has 13 heteroatoms. The van der Waals surface area contributed by atoms with Crippen molar-refractivity contribution in [2.75, 3.05) is 17.3 Å². The van der Waals surface area contributed by atoms with E-state index in [2.05, 4.69) is 25.5 Å². The van der Waals surface area contributed by atoms with E-state index in [1.807, 2.05) is 6.92 Å². The Morgan fingerprint density at radius 1 is 1.12 bits per heavy atom. The summed E-state index contributed by atoms with van der Waals surface area (Å²) in [5.41, 5.74) is 3.11. The van der Waals surface area contributed by atoms with Crippen LogP contribution in [-0.4, -0.2) is 35.9 Å². The summed E-state index contributed by atoms with van der Waals surface area (Å²) in [6, 6.07) is 12.1. The summed E-state index contributed by atoms with van der Waals surface area (Å²) in [6.45, 7) is 3.68. The molecule has 0 spiro atoms. The number of hydrogen-bond acceptors (Lipinski definition) is 10. The highest BCUT2D eigenvalue weighted by atomic mass is 32.2. The van der Waals surface area contributed by atoms with Crippen molar-refractivity contribution < 1.29 is 22.9 Å². The quantitative estimate of drug-likeness (QED) is 0.239. The molecule has 1 heterocycles. The molecule has 0 aliphatic rings. The summed E-state index contributed by atoms with van der Waals surface area (Å²) in [6.07, 6.45) is 1.02. The van der Waals surface area contributed by atoms with Gasteiger partial charge >= 0.3 is 11.7 Å². The molecule has 0 bridgehead atoms. The molecule has 1 aromatic heterocycles. The van der Waals surface area contributed by atoms with E-state index >= 15 is 0 Å². The monoisotopic (exact) mass is 472 g/mol. The van der Waals surface area contributed by atoms with Gasteiger partial charge < -0.3 is 10.1 Å². The number of benzene rings is 2. The second-order valence-electron chi connectivity index (χ2n) is 6.65. The number of anilines is 3. The first-order valence-electron chi connectivity index (χ1n) is 9.59. The van der Waals surface area contributed by atoms with Crippen molar-refractivity contribution in [1.82, 2.24) is 14.8 Å². The smallest absolute Gasteiger partial charge is 0.354 e. The van der Waals surface area contributed by atoms with Gasteiger partial charge in [0.1, 0.15) is 6.33 Å². The van der Waals surface area contributed by atoms with Crippen molar-refractivity contribution in [3.05, 3.63) is 76.1 Å². The van der Waals surface area contributed by atoms with Crippen molar-refractivity contribution in [2.24, 2.45) is 0 Å². The summed E-state index contributed by atoms with van der Waals surface area (Å²) in [7, 11) is -4.03. The molecule has 0 unspecified atom stereocenters. The van der Waals surface area contributed by atoms with Gasteiger partial charge in [-0.25, -0.2) is 23.2 Å². The number of rotatable bonds is 9. The van der Waals surface area contributed by atoms with Crippen molar-refractivity contribution >= 4 is 39.0 Å². The van der Waals surface area contributed by atoms with Crippen LogP contribution < -0.4 is 15.6 Å². The van der Waals surface area contributed by atoms with Crippen molar-refractivity contribution in [3.63, 3.8) is 0 Å². The Morgan fingerprint density at radius 2 is 1.82 bits per heavy atom. The SMILES string of the molecule is CCOC(=O)c1cccc(Nc2ncnc(NNS(=O)(=O)c3ccc(C)cc3)c2[N+](=O)[O-])c1. The number of nitrogens with one attached hydrogen (secondary N) is 3. The van der Waals surface area contributed by atoms with Crippen LogP contribution in [0, 0.1) is 17.0 Å². The lowest BCUT2D eigenvalue weighted by molar-refractivity contribution is -0.383. The molecule has 0 saturated carbocycles. The molecule has 3 rings (SSSR count). The van der Waals surface area contributed by atoms with Gasteiger partial charge in [-0.2, -0.15) is 0 Å². The third-order valence-corrected chi connectivity index (χ3v) is 5.54. The van der Waals surface area contributed by atoms with Gasteiger partial charge in [0.2, 0.25) is 11.6 Å². The molecule has 0 aliphatic heterocycles. The van der Waals surface area contributed by atoms with Crippen LogP contribution in [0.15, 0.2) is 59.8 Å². The molecule has 2 aromatic carbocycles. The van der Waals surface area contributed by atoms with E-state index in [9.17, 15) is 23.3 Å². The molecule has 12 nitrogen and oxygen atoms in total. The minimum absolute atomic E-state index is 0.0357. The number of nitrogens with zero attached hydrogens (tertiary/aromatic N) is 3. The molecule has 0 atom stereocenters. The third kappa shape index (κ3) is 5.78. The standard InChI is InChI=1S/C20H20N6O6S/c1-3-32-20(27)14-5-4-6-15(11-14)23-18-17(26(28)29)19(22-12-21-18)24-25-33(30,31)16-9-7-13(2)8-10-16/h4-12,25H,3H2,1-2H3,(H2,21,22,23,24). The zero-order valence-electron chi connectivity index (χ0n) is 17.6. The second-order valence-corrected chi connectivity index (χ2v) is 8.33. The summed E-state index contributed by atoms with van der Waals surface area (Å²) in [5.74, 6) is -1.14. The van der Waals surface area contributed by atoms with Crippen LogP contribution in [0.3, 0.4) is 0 Å². The van der Waals surface area contributed by atoms with Crippen molar-refractivity contribution in [1.29, 1.82) is 0 Å². The summed E-state index contributed by atoms with van der Waals surface area (Å²) in [4.78, 5) is 32.6. The molecular formula is C20H20N6O6S. The molecule has 33 heavy (non-hydrogen) atoms. The number of carbonyl (C=O) groups is 1. The van der Waals surface area contributed by atoms with E-state index in [0.717, 1.165) is 11.9 Å². The maximum Gasteiger partial charge on any atom is 0.354 e. The fourth-order valence-electron chi connectivity index (χ4n) is 2.70. The number of aromatic nitrogens is 2. The van der Waals surface area contributed by atoms with E-state index in [1.165, 1.54) is 24.3 Å². The zero-order chi connectivity index (χ0) is 24.0. The van der Waals surface area contributed by atoms with Gasteiger partial charge in [-0.05, 0) is 44.2 Å². The Kier molecular flexibility index (Phi) is 7.15. The van der Waals surface area contributed by atoms with E-state index in [-0.39, 0.29) is 28.7 Å². The van der Waals surface area contributed by atoms with Crippen LogP contribution in [0.5, 0.6) is 0 Å². The minimum Gasteiger partial charge on any atom is -0.462 e. The van der Waals surface area contributed by atoms with Crippen molar-refractivity contribution in [3.8, 4) is 0 Å². The average Bonchev–Trinajstić information content (AvgIpc) is 2.78. The predicted octanol–water partition coefficient (Wildman–Crippen LogP) is 2.92. The summed E-state index contributed by atoms with van der Waals surface area (Å²) >= 11 is 0. The highest BCUT2D eigenvalue weighted by molar-refractivity contribution is 7.89. The number of hydrogen-bond donors (Lipinski definition) is 3. The van der Waals surface area contributed by atoms with Crippen LogP contribution in [0.2, 0.25) is 0 Å². The van der Waals surface area contributed by atoms with Crippen LogP contribution in [-0.2, 0) is 14.8 Å². The van der Waals surface area contributed by atoms with Gasteiger partial charge in [0.05, 0.1) is 22.0 Å². The van der Waals surface area contributed by atoms with Crippen LogP contribution in [0.25, 0.3) is 0 Å². The number of ether oxygens (including phenoxy) is 1. The van der Waals surface area contributed by atoms with Crippen LogP contribution >= 0.6 is 0 Å². The maximum absolute atomic E-state index is 12.5. The Hall–Kier alpha value is -4.10. The molecule has 0 amide bonds. The van der Waals surface area contributed by atoms with E-state index in [4.69, 9.17) is 4.74 Å². The Balaban J connectivity index is 1.86. The first-order valence-corrected chi connectivity index (χ1v) is 11.1. The first-order chi connectivity index (χ1) is 15.7. The highest BCUT2D eigenvalue weighted by Gasteiger charge is 2.25. The Morgan fingerprint density at radius 3 is 2.48 bits per heavy atom. The van der Waals surface area contributed by atoms with E-state index in [1.54, 1.807) is 31.2 Å². The maximum atomic E-state index is 12.5. The number of hydrazine groups is 1. The first kappa shape index (κ1) is 23.6. The van der Waals surface area contributed by atoms with E-state index in [0.29, 0.717) is 5.69 Å². The second kappa shape index (κ2) is 10.0. The predicted molar refractivity (Wildman–Crippen MR) is 119 cm³/mol. The summed E-state index contributed by atoms with van der Waals surface area (Å²) < 4.78 is 29.9. The van der Waals surface area contributed by atoms with Crippen molar-refractivity contribution in [2.45, 2.75) is 18.7 Å². The molecule has 0 radical (unpaired) electrons. The number of carbonyl (C=O) groups excluding carboxylic acids is 1.